The average molecular weight is 336 g/mol. The molecule has 0 bridgehead atoms. The van der Waals surface area contributed by atoms with Crippen molar-refractivity contribution in [1.82, 2.24) is 15.0 Å². The molecule has 1 atom stereocenters. The third kappa shape index (κ3) is 3.62. The van der Waals surface area contributed by atoms with Gasteiger partial charge >= 0.3 is 0 Å². The first-order valence-corrected chi connectivity index (χ1v) is 8.55. The maximum atomic E-state index is 5.92. The lowest BCUT2D eigenvalue weighted by Gasteiger charge is -2.19. The molecule has 2 N–H and O–H groups in total. The summed E-state index contributed by atoms with van der Waals surface area (Å²) in [7, 11) is 0. The lowest BCUT2D eigenvalue weighted by atomic mass is 10.2. The van der Waals surface area contributed by atoms with Crippen molar-refractivity contribution in [2.75, 3.05) is 23.7 Å². The molecule has 1 aliphatic rings. The molecule has 3 rings (SSSR count). The number of hydrogen-bond acceptors (Lipinski definition) is 6. The van der Waals surface area contributed by atoms with Crippen LogP contribution in [0.1, 0.15) is 30.7 Å². The topological polar surface area (TPSA) is 67.9 Å². The monoisotopic (exact) mass is 335 g/mol. The van der Waals surface area contributed by atoms with Gasteiger partial charge < -0.3 is 10.6 Å². The molecule has 1 fully saturated rings. The molecule has 2 aromatic rings. The van der Waals surface area contributed by atoms with Gasteiger partial charge in [-0.15, -0.1) is 0 Å². The fourth-order valence-corrected chi connectivity index (χ4v) is 3.63. The second kappa shape index (κ2) is 6.71. The van der Waals surface area contributed by atoms with E-state index in [1.54, 1.807) is 6.07 Å². The maximum Gasteiger partial charge on any atom is 0.191 e. The van der Waals surface area contributed by atoms with E-state index in [4.69, 9.17) is 17.3 Å². The van der Waals surface area contributed by atoms with Crippen LogP contribution in [-0.4, -0.2) is 28.0 Å². The minimum absolute atomic E-state index is 0.125. The summed E-state index contributed by atoms with van der Waals surface area (Å²) < 4.78 is 0. The molecule has 22 heavy (non-hydrogen) atoms. The first kappa shape index (κ1) is 15.4. The van der Waals surface area contributed by atoms with Gasteiger partial charge in [-0.25, -0.2) is 9.97 Å². The minimum atomic E-state index is 0.125. The maximum absolute atomic E-state index is 5.92. The predicted octanol–water partition coefficient (Wildman–Crippen LogP) is 3.56. The zero-order chi connectivity index (χ0) is 15.5. The van der Waals surface area contributed by atoms with Crippen LogP contribution in [0.5, 0.6) is 0 Å². The third-order valence-corrected chi connectivity index (χ3v) is 4.81. The van der Waals surface area contributed by atoms with Gasteiger partial charge in [-0.2, -0.15) is 0 Å². The molecule has 3 heterocycles. The molecule has 2 aromatic heterocycles. The third-order valence-electron chi connectivity index (χ3n) is 3.63. The van der Waals surface area contributed by atoms with Gasteiger partial charge in [0.1, 0.15) is 11.0 Å². The van der Waals surface area contributed by atoms with E-state index < -0.39 is 0 Å². The van der Waals surface area contributed by atoms with Crippen LogP contribution in [0.4, 0.5) is 11.5 Å². The van der Waals surface area contributed by atoms with Crippen LogP contribution < -0.4 is 10.6 Å². The van der Waals surface area contributed by atoms with Gasteiger partial charge in [-0.05, 0) is 31.9 Å². The number of pyridine rings is 1. The average Bonchev–Trinajstić information content (AvgIpc) is 3.00. The van der Waals surface area contributed by atoms with Gasteiger partial charge in [0.2, 0.25) is 0 Å². The van der Waals surface area contributed by atoms with Crippen molar-refractivity contribution >= 4 is 34.9 Å². The summed E-state index contributed by atoms with van der Waals surface area (Å²) >= 11 is 7.43. The molecule has 0 spiro atoms. The highest BCUT2D eigenvalue weighted by Crippen LogP contribution is 2.34. The van der Waals surface area contributed by atoms with E-state index in [0.717, 1.165) is 18.8 Å². The SMILES string of the molecule is CC(Sc1nc(N)cc(Cl)n1)c1cc(N2CCCC2)ccn1. The molecular weight excluding hydrogens is 318 g/mol. The molecule has 116 valence electrons. The second-order valence-corrected chi connectivity index (χ2v) is 6.99. The second-order valence-electron chi connectivity index (χ2n) is 5.29. The number of thioether (sulfide) groups is 1. The number of nitrogens with two attached hydrogens (primary N) is 1. The normalized spacial score (nSPS) is 16.0. The standard InChI is InChI=1S/C15H18ClN5S/c1-10(22-15-19-13(16)9-14(17)20-15)12-8-11(4-5-18-12)21-6-2-3-7-21/h4-5,8-10H,2-3,6-7H2,1H3,(H2,17,19,20). The first-order valence-electron chi connectivity index (χ1n) is 7.29. The highest BCUT2D eigenvalue weighted by atomic mass is 35.5. The van der Waals surface area contributed by atoms with Crippen LogP contribution in [0.3, 0.4) is 0 Å². The van der Waals surface area contributed by atoms with E-state index in [0.29, 0.717) is 16.1 Å². The fraction of sp³-hybridized carbons (Fsp3) is 0.400. The van der Waals surface area contributed by atoms with E-state index in [9.17, 15) is 0 Å². The molecule has 1 unspecified atom stereocenters. The van der Waals surface area contributed by atoms with Gasteiger partial charge in [0, 0.05) is 31.0 Å². The number of anilines is 2. The van der Waals surface area contributed by atoms with Crippen LogP contribution in [0.2, 0.25) is 5.15 Å². The van der Waals surface area contributed by atoms with Crippen molar-refractivity contribution in [3.8, 4) is 0 Å². The van der Waals surface area contributed by atoms with Crippen LogP contribution in [-0.2, 0) is 0 Å². The Labute approximate surface area is 139 Å². The molecule has 1 saturated heterocycles. The van der Waals surface area contributed by atoms with Gasteiger partial charge in [0.05, 0.1) is 10.9 Å². The lowest BCUT2D eigenvalue weighted by Crippen LogP contribution is -2.17. The molecule has 0 aliphatic carbocycles. The van der Waals surface area contributed by atoms with E-state index in [1.165, 1.54) is 30.3 Å². The molecule has 0 amide bonds. The summed E-state index contributed by atoms with van der Waals surface area (Å²) in [5.74, 6) is 0.383. The largest absolute Gasteiger partial charge is 0.384 e. The summed E-state index contributed by atoms with van der Waals surface area (Å²) in [6, 6.07) is 5.76. The van der Waals surface area contributed by atoms with Crippen molar-refractivity contribution in [2.45, 2.75) is 30.2 Å². The number of hydrogen-bond donors (Lipinski definition) is 1. The first-order chi connectivity index (χ1) is 10.6. The molecule has 5 nitrogen and oxygen atoms in total. The van der Waals surface area contributed by atoms with E-state index in [2.05, 4.69) is 38.9 Å². The quantitative estimate of drug-likeness (QED) is 0.523. The Morgan fingerprint density at radius 3 is 2.77 bits per heavy atom. The summed E-state index contributed by atoms with van der Waals surface area (Å²) in [5, 5.41) is 1.06. The highest BCUT2D eigenvalue weighted by molar-refractivity contribution is 7.99. The number of nitrogen functional groups attached to an aromatic ring is 1. The Morgan fingerprint density at radius 1 is 1.27 bits per heavy atom. The fourth-order valence-electron chi connectivity index (χ4n) is 2.52. The van der Waals surface area contributed by atoms with E-state index in [1.807, 2.05) is 6.20 Å². The van der Waals surface area contributed by atoms with Crippen LogP contribution in [0, 0.1) is 0 Å². The Balaban J connectivity index is 1.76. The van der Waals surface area contributed by atoms with Gasteiger partial charge in [0.25, 0.3) is 0 Å². The molecule has 0 aromatic carbocycles. The number of aromatic nitrogens is 3. The summed E-state index contributed by atoms with van der Waals surface area (Å²) in [6.45, 7) is 4.33. The van der Waals surface area contributed by atoms with Crippen LogP contribution >= 0.6 is 23.4 Å². The molecular formula is C15H18ClN5S. The van der Waals surface area contributed by atoms with Gasteiger partial charge in [0.15, 0.2) is 5.16 Å². The number of rotatable bonds is 4. The number of halogens is 1. The zero-order valence-corrected chi connectivity index (χ0v) is 13.9. The van der Waals surface area contributed by atoms with Crippen molar-refractivity contribution in [3.05, 3.63) is 35.2 Å². The Hall–Kier alpha value is -1.53. The number of nitrogens with zero attached hydrogens (tertiary/aromatic N) is 4. The highest BCUT2D eigenvalue weighted by Gasteiger charge is 2.16. The lowest BCUT2D eigenvalue weighted by molar-refractivity contribution is 0.930. The van der Waals surface area contributed by atoms with Crippen LogP contribution in [0.15, 0.2) is 29.6 Å². The van der Waals surface area contributed by atoms with Crippen molar-refractivity contribution < 1.29 is 0 Å². The van der Waals surface area contributed by atoms with Gasteiger partial charge in [-0.1, -0.05) is 23.4 Å². The Kier molecular flexibility index (Phi) is 4.69. The Morgan fingerprint density at radius 2 is 2.05 bits per heavy atom. The van der Waals surface area contributed by atoms with E-state index in [-0.39, 0.29) is 5.25 Å². The molecule has 0 saturated carbocycles. The smallest absolute Gasteiger partial charge is 0.191 e. The van der Waals surface area contributed by atoms with Gasteiger partial charge in [-0.3, -0.25) is 4.98 Å². The van der Waals surface area contributed by atoms with E-state index >= 15 is 0 Å². The summed E-state index contributed by atoms with van der Waals surface area (Å²) in [5.41, 5.74) is 7.96. The van der Waals surface area contributed by atoms with Crippen molar-refractivity contribution in [2.24, 2.45) is 0 Å². The summed E-state index contributed by atoms with van der Waals surface area (Å²) in [6.07, 6.45) is 4.39. The predicted molar refractivity (Wildman–Crippen MR) is 91.4 cm³/mol. The molecule has 1 aliphatic heterocycles. The summed E-state index contributed by atoms with van der Waals surface area (Å²) in [4.78, 5) is 15.3. The minimum Gasteiger partial charge on any atom is -0.384 e. The molecule has 7 heteroatoms. The van der Waals surface area contributed by atoms with Crippen molar-refractivity contribution in [1.29, 1.82) is 0 Å². The Bertz CT molecular complexity index is 640. The zero-order valence-electron chi connectivity index (χ0n) is 12.4. The van der Waals surface area contributed by atoms with Crippen LogP contribution in [0.25, 0.3) is 0 Å². The van der Waals surface area contributed by atoms with Crippen molar-refractivity contribution in [3.63, 3.8) is 0 Å². The molecule has 0 radical (unpaired) electrons.